The first-order valence-corrected chi connectivity index (χ1v) is 16.8. The lowest BCUT2D eigenvalue weighted by molar-refractivity contribution is -0.117. The van der Waals surface area contributed by atoms with Crippen LogP contribution in [0, 0.1) is 5.41 Å². The number of carbonyl (C=O) groups excluding carboxylic acids is 2. The molecule has 0 bridgehead atoms. The molecule has 0 aliphatic rings. The molecule has 5 aromatic rings. The zero-order valence-electron chi connectivity index (χ0n) is 26.7. The van der Waals surface area contributed by atoms with Crippen LogP contribution >= 0.6 is 0 Å². The van der Waals surface area contributed by atoms with Gasteiger partial charge in [-0.3, -0.25) is 14.1 Å². The first-order chi connectivity index (χ1) is 22.2. The molecule has 9 heteroatoms. The second kappa shape index (κ2) is 13.8. The van der Waals surface area contributed by atoms with E-state index in [2.05, 4.69) is 43.6 Å². The maximum absolute atomic E-state index is 13.8. The van der Waals surface area contributed by atoms with Crippen LogP contribution in [0.1, 0.15) is 60.7 Å². The molecule has 0 aliphatic carbocycles. The third-order valence-electron chi connectivity index (χ3n) is 7.73. The summed E-state index contributed by atoms with van der Waals surface area (Å²) in [6.07, 6.45) is 4.55. The molecule has 0 radical (unpaired) electrons. The molecule has 2 amide bonds. The number of rotatable bonds is 10. The molecule has 1 heterocycles. The molecule has 0 aliphatic heterocycles. The van der Waals surface area contributed by atoms with E-state index in [0.717, 1.165) is 39.0 Å². The Bertz CT molecular complexity index is 1970. The van der Waals surface area contributed by atoms with E-state index in [-0.39, 0.29) is 16.9 Å². The van der Waals surface area contributed by atoms with Crippen LogP contribution in [0.5, 0.6) is 0 Å². The van der Waals surface area contributed by atoms with Gasteiger partial charge in [0.2, 0.25) is 5.91 Å². The van der Waals surface area contributed by atoms with Crippen molar-refractivity contribution in [3.8, 4) is 11.3 Å². The van der Waals surface area contributed by atoms with Gasteiger partial charge in [0.1, 0.15) is 11.3 Å². The normalized spacial score (nSPS) is 13.4. The van der Waals surface area contributed by atoms with Gasteiger partial charge in [-0.25, -0.2) is 0 Å². The van der Waals surface area contributed by atoms with E-state index in [1.165, 1.54) is 6.92 Å². The summed E-state index contributed by atoms with van der Waals surface area (Å²) in [4.78, 5) is 26.3. The Balaban J connectivity index is 1.36. The molecular formula is C38H38N2O6S. The Hall–Kier alpha value is -4.99. The van der Waals surface area contributed by atoms with Gasteiger partial charge in [-0.2, -0.15) is 8.42 Å². The topological polar surface area (TPSA) is 126 Å². The monoisotopic (exact) mass is 650 g/mol. The molecule has 0 fully saturated rings. The van der Waals surface area contributed by atoms with Crippen LogP contribution in [0.2, 0.25) is 0 Å². The highest BCUT2D eigenvalue weighted by molar-refractivity contribution is 7.86. The number of hydrogen-bond donors (Lipinski definition) is 3. The highest BCUT2D eigenvalue weighted by atomic mass is 32.2. The first kappa shape index (κ1) is 33.4. The predicted molar refractivity (Wildman–Crippen MR) is 187 cm³/mol. The van der Waals surface area contributed by atoms with Gasteiger partial charge in [-0.1, -0.05) is 87.5 Å². The van der Waals surface area contributed by atoms with Gasteiger partial charge in [0, 0.05) is 22.2 Å². The third kappa shape index (κ3) is 8.84. The van der Waals surface area contributed by atoms with E-state index in [4.69, 9.17) is 4.42 Å². The van der Waals surface area contributed by atoms with Gasteiger partial charge >= 0.3 is 0 Å². The van der Waals surface area contributed by atoms with Crippen LogP contribution in [0.25, 0.3) is 28.4 Å². The fourth-order valence-electron chi connectivity index (χ4n) is 4.99. The van der Waals surface area contributed by atoms with E-state index >= 15 is 0 Å². The van der Waals surface area contributed by atoms with Gasteiger partial charge in [-0.15, -0.1) is 0 Å². The van der Waals surface area contributed by atoms with Crippen LogP contribution < -0.4 is 10.6 Å². The van der Waals surface area contributed by atoms with Crippen LogP contribution in [-0.4, -0.2) is 30.2 Å². The number of para-hydroxylation sites is 1. The van der Waals surface area contributed by atoms with Gasteiger partial charge < -0.3 is 15.1 Å². The lowest BCUT2D eigenvalue weighted by Crippen LogP contribution is -2.38. The minimum absolute atomic E-state index is 0.0362. The lowest BCUT2D eigenvalue weighted by atomic mass is 9.89. The number of amides is 2. The maximum Gasteiger partial charge on any atom is 0.285 e. The molecule has 5 rings (SSSR count). The Morgan fingerprint density at radius 3 is 2.17 bits per heavy atom. The second-order valence-corrected chi connectivity index (χ2v) is 14.4. The molecule has 0 saturated carbocycles. The minimum atomic E-state index is -4.42. The van der Waals surface area contributed by atoms with Gasteiger partial charge in [0.15, 0.2) is 5.37 Å². The summed E-state index contributed by atoms with van der Waals surface area (Å²) in [6, 6.07) is 31.8. The number of fused-ring (bicyclic) bond motifs is 1. The van der Waals surface area contributed by atoms with Crippen molar-refractivity contribution in [2.45, 2.75) is 45.4 Å². The lowest BCUT2D eigenvalue weighted by Gasteiger charge is -2.19. The molecule has 2 unspecified atom stereocenters. The zero-order valence-corrected chi connectivity index (χ0v) is 27.5. The highest BCUT2D eigenvalue weighted by Gasteiger charge is 2.23. The average Bonchev–Trinajstić information content (AvgIpc) is 3.47. The van der Waals surface area contributed by atoms with Crippen molar-refractivity contribution in [2.75, 3.05) is 5.32 Å². The van der Waals surface area contributed by atoms with E-state index in [1.54, 1.807) is 24.3 Å². The predicted octanol–water partition coefficient (Wildman–Crippen LogP) is 8.09. The quantitative estimate of drug-likeness (QED) is 0.131. The third-order valence-corrected chi connectivity index (χ3v) is 8.74. The van der Waals surface area contributed by atoms with Crippen molar-refractivity contribution in [2.24, 2.45) is 5.41 Å². The van der Waals surface area contributed by atoms with Crippen LogP contribution in [-0.2, 0) is 21.3 Å². The molecule has 4 aromatic carbocycles. The Kier molecular flexibility index (Phi) is 9.79. The van der Waals surface area contributed by atoms with Crippen LogP contribution in [0.4, 0.5) is 5.69 Å². The van der Waals surface area contributed by atoms with Crippen molar-refractivity contribution >= 4 is 44.7 Å². The molecular weight excluding hydrogens is 612 g/mol. The summed E-state index contributed by atoms with van der Waals surface area (Å²) in [7, 11) is -4.42. The Morgan fingerprint density at radius 1 is 0.894 bits per heavy atom. The van der Waals surface area contributed by atoms with Crippen molar-refractivity contribution in [1.82, 2.24) is 5.32 Å². The van der Waals surface area contributed by atoms with Crippen molar-refractivity contribution in [3.05, 3.63) is 131 Å². The number of nitrogens with one attached hydrogen (secondary N) is 2. The summed E-state index contributed by atoms with van der Waals surface area (Å²) in [5.41, 5.74) is 5.27. The number of allylic oxidation sites excluding steroid dienone is 1. The summed E-state index contributed by atoms with van der Waals surface area (Å²) in [5.74, 6) is -0.638. The molecule has 47 heavy (non-hydrogen) atoms. The Labute approximate surface area is 275 Å². The summed E-state index contributed by atoms with van der Waals surface area (Å²) >= 11 is 0. The van der Waals surface area contributed by atoms with Crippen molar-refractivity contribution < 1.29 is 27.0 Å². The number of anilines is 1. The first-order valence-electron chi connectivity index (χ1n) is 15.3. The molecule has 3 N–H and O–H groups in total. The molecule has 1 aromatic heterocycles. The fraction of sp³-hybridized carbons (Fsp3) is 0.211. The number of furan rings is 1. The minimum Gasteiger partial charge on any atom is -0.456 e. The van der Waals surface area contributed by atoms with Crippen LogP contribution in [0.15, 0.2) is 114 Å². The van der Waals surface area contributed by atoms with Crippen LogP contribution in [0.3, 0.4) is 0 Å². The molecule has 242 valence electrons. The smallest absolute Gasteiger partial charge is 0.285 e. The van der Waals surface area contributed by atoms with E-state index in [0.29, 0.717) is 12.1 Å². The van der Waals surface area contributed by atoms with Crippen molar-refractivity contribution in [3.63, 3.8) is 0 Å². The highest BCUT2D eigenvalue weighted by Crippen LogP contribution is 2.30. The maximum atomic E-state index is 13.8. The van der Waals surface area contributed by atoms with Gasteiger partial charge in [0.25, 0.3) is 16.0 Å². The second-order valence-electron chi connectivity index (χ2n) is 12.7. The fourth-order valence-corrected chi connectivity index (χ4v) is 5.25. The van der Waals surface area contributed by atoms with E-state index < -0.39 is 27.3 Å². The molecule has 0 saturated heterocycles. The number of benzene rings is 4. The SMILES string of the molecule is CC(NC(=O)c1ccc(CC(C(=O)Nc2ccc(-c3cc4ccccc4o3)cc2)c2ccc(C=CC(C)(C)C)cc2)cc1)S(=O)(=O)O. The summed E-state index contributed by atoms with van der Waals surface area (Å²) in [6.45, 7) is 7.57. The largest absolute Gasteiger partial charge is 0.456 e. The van der Waals surface area contributed by atoms with E-state index in [9.17, 15) is 22.6 Å². The molecule has 0 spiro atoms. The van der Waals surface area contributed by atoms with Gasteiger partial charge in [-0.05, 0) is 84.0 Å². The van der Waals surface area contributed by atoms with E-state index in [1.807, 2.05) is 78.9 Å². The standard InChI is InChI=1S/C38H38N2O6S/c1-25(47(43,44)45)39-36(41)30-15-11-27(12-16-30)23-33(28-13-9-26(10-14-28)21-22-38(2,3)4)37(42)40-32-19-17-29(18-20-32)35-24-31-7-5-6-8-34(31)46-35/h5-22,24-25,33H,23H2,1-4H3,(H,39,41)(H,40,42)(H,43,44,45). The average molecular weight is 651 g/mol. The summed E-state index contributed by atoms with van der Waals surface area (Å²) in [5, 5.41) is 4.89. The van der Waals surface area contributed by atoms with Crippen molar-refractivity contribution in [1.29, 1.82) is 0 Å². The molecule has 2 atom stereocenters. The number of hydrogen-bond acceptors (Lipinski definition) is 5. The molecule has 8 nitrogen and oxygen atoms in total. The zero-order chi connectivity index (χ0) is 33.8. The Morgan fingerprint density at radius 2 is 1.55 bits per heavy atom. The number of carbonyl (C=O) groups is 2. The van der Waals surface area contributed by atoms with Gasteiger partial charge in [0.05, 0.1) is 5.92 Å². The summed E-state index contributed by atoms with van der Waals surface area (Å²) < 4.78 is 37.8.